The van der Waals surface area contributed by atoms with Crippen molar-refractivity contribution in [2.45, 2.75) is 18.9 Å². The van der Waals surface area contributed by atoms with Gasteiger partial charge in [-0.05, 0) is 36.4 Å². The van der Waals surface area contributed by atoms with Crippen LogP contribution in [0.3, 0.4) is 0 Å². The van der Waals surface area contributed by atoms with Crippen molar-refractivity contribution in [3.05, 3.63) is 48.0 Å². The van der Waals surface area contributed by atoms with Gasteiger partial charge in [0.1, 0.15) is 29.1 Å². The van der Waals surface area contributed by atoms with Gasteiger partial charge in [-0.25, -0.2) is 0 Å². The lowest BCUT2D eigenvalue weighted by molar-refractivity contribution is 0.0595. The molecule has 0 aliphatic carbocycles. The van der Waals surface area contributed by atoms with E-state index in [0.717, 1.165) is 24.3 Å². The van der Waals surface area contributed by atoms with E-state index in [0.29, 0.717) is 30.2 Å². The number of rotatable bonds is 6. The summed E-state index contributed by atoms with van der Waals surface area (Å²) in [7, 11) is 4.79. The molecular formula is C21H25NO5. The topological polar surface area (TPSA) is 57.2 Å². The highest BCUT2D eigenvalue weighted by Crippen LogP contribution is 2.26. The molecule has 1 heterocycles. The second-order valence-electron chi connectivity index (χ2n) is 6.39. The van der Waals surface area contributed by atoms with Crippen LogP contribution >= 0.6 is 0 Å². The van der Waals surface area contributed by atoms with Gasteiger partial charge < -0.3 is 23.8 Å². The van der Waals surface area contributed by atoms with Crippen LogP contribution in [0.1, 0.15) is 23.2 Å². The van der Waals surface area contributed by atoms with Gasteiger partial charge in [0.25, 0.3) is 5.91 Å². The van der Waals surface area contributed by atoms with Crippen LogP contribution < -0.4 is 18.9 Å². The average Bonchev–Trinajstić information content (AvgIpc) is 2.74. The molecule has 0 atom stereocenters. The summed E-state index contributed by atoms with van der Waals surface area (Å²) in [6, 6.07) is 12.8. The first-order valence-electron chi connectivity index (χ1n) is 8.96. The number of carbonyl (C=O) groups excluding carboxylic acids is 1. The van der Waals surface area contributed by atoms with Crippen molar-refractivity contribution >= 4 is 5.91 Å². The molecule has 1 saturated heterocycles. The number of amides is 1. The lowest BCUT2D eigenvalue weighted by atomic mass is 10.1. The molecule has 1 fully saturated rings. The maximum atomic E-state index is 12.8. The first-order chi connectivity index (χ1) is 13.1. The Morgan fingerprint density at radius 3 is 1.85 bits per heavy atom. The quantitative estimate of drug-likeness (QED) is 0.779. The van der Waals surface area contributed by atoms with Crippen LogP contribution in [-0.2, 0) is 0 Å². The van der Waals surface area contributed by atoms with Crippen molar-refractivity contribution in [3.63, 3.8) is 0 Å². The zero-order valence-electron chi connectivity index (χ0n) is 15.9. The molecule has 3 rings (SSSR count). The number of hydrogen-bond acceptors (Lipinski definition) is 5. The van der Waals surface area contributed by atoms with Crippen molar-refractivity contribution in [2.24, 2.45) is 0 Å². The highest BCUT2D eigenvalue weighted by atomic mass is 16.5. The summed E-state index contributed by atoms with van der Waals surface area (Å²) in [5.41, 5.74) is 0.570. The minimum Gasteiger partial charge on any atom is -0.497 e. The van der Waals surface area contributed by atoms with E-state index < -0.39 is 0 Å². The van der Waals surface area contributed by atoms with Gasteiger partial charge in [-0.15, -0.1) is 0 Å². The summed E-state index contributed by atoms with van der Waals surface area (Å²) in [5, 5.41) is 0. The van der Waals surface area contributed by atoms with Crippen LogP contribution in [0.5, 0.6) is 23.0 Å². The summed E-state index contributed by atoms with van der Waals surface area (Å²) in [4.78, 5) is 14.7. The van der Waals surface area contributed by atoms with Crippen molar-refractivity contribution in [3.8, 4) is 23.0 Å². The molecule has 1 aliphatic rings. The molecule has 0 unspecified atom stereocenters. The van der Waals surface area contributed by atoms with E-state index in [4.69, 9.17) is 18.9 Å². The molecule has 1 aliphatic heterocycles. The Hall–Kier alpha value is -2.89. The van der Waals surface area contributed by atoms with Gasteiger partial charge in [0.05, 0.1) is 21.3 Å². The molecular weight excluding hydrogens is 346 g/mol. The van der Waals surface area contributed by atoms with Gasteiger partial charge in [0.15, 0.2) is 0 Å². The maximum Gasteiger partial charge on any atom is 0.254 e. The molecule has 6 heteroatoms. The normalized spacial score (nSPS) is 14.6. The first-order valence-corrected chi connectivity index (χ1v) is 8.96. The number of benzene rings is 2. The number of piperidine rings is 1. The van der Waals surface area contributed by atoms with Crippen LogP contribution in [-0.4, -0.2) is 51.3 Å². The molecule has 6 nitrogen and oxygen atoms in total. The van der Waals surface area contributed by atoms with Crippen LogP contribution in [0.15, 0.2) is 42.5 Å². The molecule has 0 aromatic heterocycles. The Bertz CT molecular complexity index is 744. The fourth-order valence-corrected chi connectivity index (χ4v) is 3.14. The Kier molecular flexibility index (Phi) is 6.06. The standard InChI is InChI=1S/C21H25NO5/c1-24-16-4-6-17(7-5-16)27-18-8-10-22(11-9-18)21(23)15-12-19(25-2)14-20(13-15)26-3/h4-7,12-14,18H,8-11H2,1-3H3. The Balaban J connectivity index is 1.59. The second kappa shape index (κ2) is 8.66. The number of likely N-dealkylation sites (tertiary alicyclic amines) is 1. The summed E-state index contributed by atoms with van der Waals surface area (Å²) in [5.74, 6) is 2.82. The van der Waals surface area contributed by atoms with E-state index in [2.05, 4.69) is 0 Å². The SMILES string of the molecule is COc1ccc(OC2CCN(C(=O)c3cc(OC)cc(OC)c3)CC2)cc1. The van der Waals surface area contributed by atoms with Gasteiger partial charge in [0, 0.05) is 37.6 Å². The zero-order valence-corrected chi connectivity index (χ0v) is 15.9. The average molecular weight is 371 g/mol. The van der Waals surface area contributed by atoms with Crippen molar-refractivity contribution in [2.75, 3.05) is 34.4 Å². The molecule has 0 saturated carbocycles. The second-order valence-corrected chi connectivity index (χ2v) is 6.39. The van der Waals surface area contributed by atoms with Gasteiger partial charge >= 0.3 is 0 Å². The van der Waals surface area contributed by atoms with E-state index in [9.17, 15) is 4.79 Å². The highest BCUT2D eigenvalue weighted by molar-refractivity contribution is 5.95. The lowest BCUT2D eigenvalue weighted by Crippen LogP contribution is -2.41. The molecule has 2 aromatic carbocycles. The predicted molar refractivity (Wildman–Crippen MR) is 102 cm³/mol. The molecule has 144 valence electrons. The number of ether oxygens (including phenoxy) is 4. The molecule has 1 amide bonds. The molecule has 0 bridgehead atoms. The predicted octanol–water partition coefficient (Wildman–Crippen LogP) is 3.40. The largest absolute Gasteiger partial charge is 0.497 e. The number of nitrogens with zero attached hydrogens (tertiary/aromatic N) is 1. The summed E-state index contributed by atoms with van der Waals surface area (Å²) < 4.78 is 21.7. The minimum atomic E-state index is -0.0184. The van der Waals surface area contributed by atoms with E-state index >= 15 is 0 Å². The maximum absolute atomic E-state index is 12.8. The summed E-state index contributed by atoms with van der Waals surface area (Å²) in [6.07, 6.45) is 1.68. The Morgan fingerprint density at radius 2 is 1.33 bits per heavy atom. The van der Waals surface area contributed by atoms with Crippen LogP contribution in [0, 0.1) is 0 Å². The van der Waals surface area contributed by atoms with Crippen LogP contribution in [0.4, 0.5) is 0 Å². The fourth-order valence-electron chi connectivity index (χ4n) is 3.14. The van der Waals surface area contributed by atoms with E-state index in [1.54, 1.807) is 39.5 Å². The number of hydrogen-bond donors (Lipinski definition) is 0. The lowest BCUT2D eigenvalue weighted by Gasteiger charge is -2.32. The molecule has 0 spiro atoms. The Labute approximate surface area is 159 Å². The molecule has 2 aromatic rings. The highest BCUT2D eigenvalue weighted by Gasteiger charge is 2.25. The smallest absolute Gasteiger partial charge is 0.254 e. The van der Waals surface area contributed by atoms with Crippen molar-refractivity contribution in [1.82, 2.24) is 4.90 Å². The van der Waals surface area contributed by atoms with E-state index in [1.165, 1.54) is 0 Å². The number of methoxy groups -OCH3 is 3. The summed E-state index contributed by atoms with van der Waals surface area (Å²) >= 11 is 0. The monoisotopic (exact) mass is 371 g/mol. The fraction of sp³-hybridized carbons (Fsp3) is 0.381. The Morgan fingerprint density at radius 1 is 0.815 bits per heavy atom. The van der Waals surface area contributed by atoms with E-state index in [-0.39, 0.29) is 12.0 Å². The third-order valence-electron chi connectivity index (χ3n) is 4.69. The van der Waals surface area contributed by atoms with Crippen LogP contribution in [0.25, 0.3) is 0 Å². The summed E-state index contributed by atoms with van der Waals surface area (Å²) in [6.45, 7) is 1.30. The van der Waals surface area contributed by atoms with Gasteiger partial charge in [-0.2, -0.15) is 0 Å². The molecule has 0 radical (unpaired) electrons. The van der Waals surface area contributed by atoms with Gasteiger partial charge in [-0.3, -0.25) is 4.79 Å². The molecule has 27 heavy (non-hydrogen) atoms. The van der Waals surface area contributed by atoms with Crippen LogP contribution in [0.2, 0.25) is 0 Å². The van der Waals surface area contributed by atoms with Gasteiger partial charge in [-0.1, -0.05) is 0 Å². The third-order valence-corrected chi connectivity index (χ3v) is 4.69. The molecule has 0 N–H and O–H groups in total. The first kappa shape index (κ1) is 18.9. The third kappa shape index (κ3) is 4.64. The number of carbonyl (C=O) groups is 1. The minimum absolute atomic E-state index is 0.0184. The van der Waals surface area contributed by atoms with E-state index in [1.807, 2.05) is 29.2 Å². The van der Waals surface area contributed by atoms with Crippen molar-refractivity contribution in [1.29, 1.82) is 0 Å². The zero-order chi connectivity index (χ0) is 19.2. The van der Waals surface area contributed by atoms with Crippen molar-refractivity contribution < 1.29 is 23.7 Å². The van der Waals surface area contributed by atoms with Gasteiger partial charge in [0.2, 0.25) is 0 Å².